The highest BCUT2D eigenvalue weighted by Crippen LogP contribution is 2.38. The first kappa shape index (κ1) is 13.1. The molecule has 0 saturated carbocycles. The number of aromatic nitrogens is 1. The van der Waals surface area contributed by atoms with Crippen LogP contribution in [0.25, 0.3) is 0 Å². The summed E-state index contributed by atoms with van der Waals surface area (Å²) in [7, 11) is 0. The Bertz CT molecular complexity index is 590. The van der Waals surface area contributed by atoms with Crippen LogP contribution in [0.5, 0.6) is 0 Å². The third-order valence-corrected chi connectivity index (χ3v) is 4.71. The van der Waals surface area contributed by atoms with Gasteiger partial charge in [-0.3, -0.25) is 4.79 Å². The number of hydrogen-bond donors (Lipinski definition) is 1. The minimum atomic E-state index is -1.27. The number of thioether (sulfide) groups is 1. The monoisotopic (exact) mass is 291 g/mol. The molecule has 0 radical (unpaired) electrons. The lowest BCUT2D eigenvalue weighted by Crippen LogP contribution is -2.73. The lowest BCUT2D eigenvalue weighted by Gasteiger charge is -2.51. The van der Waals surface area contributed by atoms with E-state index in [4.69, 9.17) is 5.73 Å². The van der Waals surface area contributed by atoms with Gasteiger partial charge in [-0.15, -0.1) is 11.8 Å². The fourth-order valence-corrected chi connectivity index (χ4v) is 3.63. The molecule has 0 aromatic carbocycles. The van der Waals surface area contributed by atoms with Gasteiger partial charge in [-0.2, -0.15) is 0 Å². The molecule has 20 heavy (non-hydrogen) atoms. The molecule has 3 rings (SSSR count). The molecule has 0 spiro atoms. The van der Waals surface area contributed by atoms with E-state index in [1.165, 1.54) is 16.7 Å². The van der Waals surface area contributed by atoms with E-state index in [0.29, 0.717) is 12.1 Å². The normalized spacial score (nSPS) is 28.4. The summed E-state index contributed by atoms with van der Waals surface area (Å²) in [5.41, 5.74) is 6.30. The maximum atomic E-state index is 11.8. The molecule has 6 nitrogen and oxygen atoms in total. The number of nitrogens with zero attached hydrogens (tertiary/aromatic N) is 2. The van der Waals surface area contributed by atoms with Crippen LogP contribution in [0.4, 0.5) is 0 Å². The number of amides is 1. The first-order valence-electron chi connectivity index (χ1n) is 6.16. The number of rotatable bonds is 3. The van der Waals surface area contributed by atoms with Crippen LogP contribution < -0.4 is 15.4 Å². The summed E-state index contributed by atoms with van der Waals surface area (Å²) in [5, 5.41) is 12.9. The Balaban J connectivity index is 1.88. The molecule has 2 aliphatic heterocycles. The molecule has 3 atom stereocenters. The molecular formula is C13H13N3O3S. The van der Waals surface area contributed by atoms with Crippen LogP contribution in [0.1, 0.15) is 0 Å². The molecule has 3 heterocycles. The summed E-state index contributed by atoms with van der Waals surface area (Å²) in [6.07, 6.45) is 3.68. The molecule has 1 amide bonds. The summed E-state index contributed by atoms with van der Waals surface area (Å²) < 4.78 is 1.85. The van der Waals surface area contributed by atoms with Crippen LogP contribution in [0.2, 0.25) is 0 Å². The van der Waals surface area contributed by atoms with Crippen LogP contribution in [0, 0.1) is 0 Å². The molecule has 2 N–H and O–H groups in total. The minimum Gasteiger partial charge on any atom is -0.548 e. The molecule has 1 unspecified atom stereocenters. The second-order valence-corrected chi connectivity index (χ2v) is 5.75. The van der Waals surface area contributed by atoms with Crippen molar-refractivity contribution in [1.29, 1.82) is 0 Å². The van der Waals surface area contributed by atoms with E-state index in [1.807, 2.05) is 35.2 Å². The zero-order valence-corrected chi connectivity index (χ0v) is 11.3. The minimum absolute atomic E-state index is 0.296. The van der Waals surface area contributed by atoms with Gasteiger partial charge in [0.2, 0.25) is 5.91 Å². The van der Waals surface area contributed by atoms with Gasteiger partial charge < -0.3 is 20.5 Å². The Hall–Kier alpha value is -1.86. The smallest absolute Gasteiger partial charge is 0.244 e. The average Bonchev–Trinajstić information content (AvgIpc) is 2.46. The van der Waals surface area contributed by atoms with Crippen LogP contribution in [-0.2, 0) is 16.1 Å². The number of fused-ring (bicyclic) bond motifs is 1. The van der Waals surface area contributed by atoms with Gasteiger partial charge in [0.25, 0.3) is 0 Å². The van der Waals surface area contributed by atoms with E-state index in [9.17, 15) is 14.7 Å². The lowest BCUT2D eigenvalue weighted by molar-refractivity contribution is -0.689. The zero-order valence-electron chi connectivity index (χ0n) is 10.5. The largest absolute Gasteiger partial charge is 0.548 e. The summed E-state index contributed by atoms with van der Waals surface area (Å²) in [6, 6.07) is 3.95. The van der Waals surface area contributed by atoms with Crippen LogP contribution >= 0.6 is 11.8 Å². The Labute approximate surface area is 119 Å². The summed E-state index contributed by atoms with van der Waals surface area (Å²) in [6.45, 7) is 0.401. The third kappa shape index (κ3) is 1.99. The molecule has 104 valence electrons. The van der Waals surface area contributed by atoms with Gasteiger partial charge in [-0.25, -0.2) is 4.57 Å². The standard InChI is InChI=1S/C13H13N3O3S/c14-9-11(17)16-10(13(18)19)8(7-20-12(9)16)6-15-4-2-1-3-5-15/h1-5,7,9-10,12H,6,14H2/t9-,10?,12-/m1/s1. The molecule has 7 heteroatoms. The number of aliphatic carboxylic acids is 1. The fraction of sp³-hybridized carbons (Fsp3) is 0.308. The Kier molecular flexibility index (Phi) is 3.23. The van der Waals surface area contributed by atoms with Crippen molar-refractivity contribution >= 4 is 23.6 Å². The number of nitrogens with two attached hydrogens (primary N) is 1. The van der Waals surface area contributed by atoms with E-state index >= 15 is 0 Å². The molecular weight excluding hydrogens is 278 g/mol. The second kappa shape index (κ2) is 4.92. The van der Waals surface area contributed by atoms with Crippen molar-refractivity contribution < 1.29 is 19.3 Å². The van der Waals surface area contributed by atoms with Crippen LogP contribution in [0.15, 0.2) is 41.6 Å². The SMILES string of the molecule is N[C@@H]1C(=O)N2C(C(=O)[O-])C(C[n+]3ccccc3)=CS[C@H]12. The Morgan fingerprint density at radius 1 is 1.40 bits per heavy atom. The third-order valence-electron chi connectivity index (χ3n) is 3.47. The number of carboxylic acids is 1. The highest BCUT2D eigenvalue weighted by atomic mass is 32.2. The van der Waals surface area contributed by atoms with Crippen molar-refractivity contribution in [3.63, 3.8) is 0 Å². The van der Waals surface area contributed by atoms with Gasteiger partial charge in [-0.1, -0.05) is 6.07 Å². The molecule has 0 bridgehead atoms. The van der Waals surface area contributed by atoms with Crippen molar-refractivity contribution in [2.45, 2.75) is 24.0 Å². The van der Waals surface area contributed by atoms with Gasteiger partial charge in [0.15, 0.2) is 18.9 Å². The fourth-order valence-electron chi connectivity index (χ4n) is 2.47. The number of β-lactam (4-membered cyclic amide) rings is 1. The topological polar surface area (TPSA) is 90.3 Å². The zero-order chi connectivity index (χ0) is 14.3. The Morgan fingerprint density at radius 2 is 2.10 bits per heavy atom. The van der Waals surface area contributed by atoms with Gasteiger partial charge in [0, 0.05) is 17.7 Å². The van der Waals surface area contributed by atoms with Crippen molar-refractivity contribution in [3.8, 4) is 0 Å². The van der Waals surface area contributed by atoms with Crippen molar-refractivity contribution in [1.82, 2.24) is 4.90 Å². The van der Waals surface area contributed by atoms with Crippen LogP contribution in [0.3, 0.4) is 0 Å². The maximum Gasteiger partial charge on any atom is 0.244 e. The predicted molar refractivity (Wildman–Crippen MR) is 69.7 cm³/mol. The van der Waals surface area contributed by atoms with E-state index in [2.05, 4.69) is 0 Å². The predicted octanol–water partition coefficient (Wildman–Crippen LogP) is -1.78. The quantitative estimate of drug-likeness (QED) is 0.525. The number of carbonyl (C=O) groups is 2. The van der Waals surface area contributed by atoms with Gasteiger partial charge in [-0.05, 0) is 5.41 Å². The van der Waals surface area contributed by atoms with E-state index in [1.54, 1.807) is 5.41 Å². The summed E-state index contributed by atoms with van der Waals surface area (Å²) >= 11 is 1.39. The summed E-state index contributed by atoms with van der Waals surface area (Å²) in [4.78, 5) is 24.5. The number of carboxylic acid groups (broad SMARTS) is 1. The first-order valence-corrected chi connectivity index (χ1v) is 7.11. The second-order valence-electron chi connectivity index (χ2n) is 4.76. The summed E-state index contributed by atoms with van der Waals surface area (Å²) in [5.74, 6) is -1.60. The highest BCUT2D eigenvalue weighted by Gasteiger charge is 2.52. The van der Waals surface area contributed by atoms with Crippen molar-refractivity contribution in [2.75, 3.05) is 0 Å². The molecule has 2 aliphatic rings. The molecule has 1 aromatic heterocycles. The van der Waals surface area contributed by atoms with Crippen molar-refractivity contribution in [2.24, 2.45) is 5.73 Å². The van der Waals surface area contributed by atoms with E-state index in [-0.39, 0.29) is 11.3 Å². The highest BCUT2D eigenvalue weighted by molar-refractivity contribution is 8.02. The lowest BCUT2D eigenvalue weighted by atomic mass is 9.98. The number of carbonyl (C=O) groups excluding carboxylic acids is 2. The van der Waals surface area contributed by atoms with Crippen LogP contribution in [-0.4, -0.2) is 34.2 Å². The van der Waals surface area contributed by atoms with Gasteiger partial charge in [0.1, 0.15) is 17.5 Å². The molecule has 0 aliphatic carbocycles. The molecule has 1 fully saturated rings. The van der Waals surface area contributed by atoms with E-state index in [0.717, 1.165) is 0 Å². The van der Waals surface area contributed by atoms with Gasteiger partial charge in [0.05, 0.1) is 5.97 Å². The van der Waals surface area contributed by atoms with Gasteiger partial charge >= 0.3 is 0 Å². The number of pyridine rings is 1. The number of hydrogen-bond acceptors (Lipinski definition) is 5. The molecule has 1 aromatic rings. The van der Waals surface area contributed by atoms with Crippen molar-refractivity contribution in [3.05, 3.63) is 41.6 Å². The Morgan fingerprint density at radius 3 is 2.75 bits per heavy atom. The average molecular weight is 291 g/mol. The maximum absolute atomic E-state index is 11.8. The first-order chi connectivity index (χ1) is 9.59. The molecule has 1 saturated heterocycles. The van der Waals surface area contributed by atoms with E-state index < -0.39 is 18.1 Å².